The first kappa shape index (κ1) is 18.5. The molecule has 1 heterocycles. The number of halogens is 1. The summed E-state index contributed by atoms with van der Waals surface area (Å²) >= 11 is 1.95. The Hall–Kier alpha value is -1.88. The lowest BCUT2D eigenvalue weighted by atomic mass is 10.2. The fraction of sp³-hybridized carbons (Fsp3) is 0.400. The second kappa shape index (κ2) is 8.83. The van der Waals surface area contributed by atoms with Gasteiger partial charge in [-0.25, -0.2) is 5.43 Å². The summed E-state index contributed by atoms with van der Waals surface area (Å²) in [7, 11) is 1.44. The van der Waals surface area contributed by atoms with Gasteiger partial charge in [0.1, 0.15) is 0 Å². The third-order valence-corrected chi connectivity index (χ3v) is 4.19. The van der Waals surface area contributed by atoms with Crippen LogP contribution in [0, 0.1) is 3.57 Å². The van der Waals surface area contributed by atoms with Crippen LogP contribution in [-0.4, -0.2) is 49.5 Å². The molecule has 2 amide bonds. The highest BCUT2D eigenvalue weighted by Crippen LogP contribution is 2.31. The van der Waals surface area contributed by atoms with Crippen molar-refractivity contribution in [3.8, 4) is 11.5 Å². The number of hydrazone groups is 1. The minimum atomic E-state index is -0.857. The number of hydrogen-bond acceptors (Lipinski definition) is 6. The summed E-state index contributed by atoms with van der Waals surface area (Å²) in [6.07, 6.45) is 3.17. The monoisotopic (exact) mass is 447 g/mol. The van der Waals surface area contributed by atoms with Gasteiger partial charge in [0.05, 0.1) is 23.0 Å². The van der Waals surface area contributed by atoms with Gasteiger partial charge in [0.15, 0.2) is 11.5 Å². The molecule has 9 heteroatoms. The Balaban J connectivity index is 1.85. The first-order chi connectivity index (χ1) is 11.5. The van der Waals surface area contributed by atoms with E-state index in [-0.39, 0.29) is 11.9 Å². The van der Waals surface area contributed by atoms with Crippen LogP contribution in [0.4, 0.5) is 0 Å². The minimum absolute atomic E-state index is 0.0308. The molecule has 8 nitrogen and oxygen atoms in total. The number of phenolic OH excluding ortho intramolecular Hbond substituents is 1. The highest BCUT2D eigenvalue weighted by Gasteiger charge is 2.19. The van der Waals surface area contributed by atoms with Crippen LogP contribution in [0.15, 0.2) is 17.2 Å². The SMILES string of the molecule is COc1cc(/C=N\NC(=O)C(=O)NC[C@H]2CCCO2)cc(I)c1O. The van der Waals surface area contributed by atoms with Crippen LogP contribution in [0.25, 0.3) is 0 Å². The molecule has 1 saturated heterocycles. The maximum Gasteiger partial charge on any atom is 0.329 e. The van der Waals surface area contributed by atoms with Gasteiger partial charge >= 0.3 is 11.8 Å². The lowest BCUT2D eigenvalue weighted by molar-refractivity contribution is -0.139. The van der Waals surface area contributed by atoms with E-state index in [0.29, 0.717) is 28.0 Å². The summed E-state index contributed by atoms with van der Waals surface area (Å²) in [6, 6.07) is 3.22. The van der Waals surface area contributed by atoms with Crippen molar-refractivity contribution in [2.24, 2.45) is 5.10 Å². The molecular weight excluding hydrogens is 429 g/mol. The third-order valence-electron chi connectivity index (χ3n) is 3.37. The number of phenols is 1. The van der Waals surface area contributed by atoms with E-state index >= 15 is 0 Å². The molecular formula is C15H18IN3O5. The van der Waals surface area contributed by atoms with Crippen molar-refractivity contribution in [2.75, 3.05) is 20.3 Å². The summed E-state index contributed by atoms with van der Waals surface area (Å²) in [6.45, 7) is 0.995. The quantitative estimate of drug-likeness (QED) is 0.267. The van der Waals surface area contributed by atoms with Gasteiger partial charge in [-0.15, -0.1) is 0 Å². The van der Waals surface area contributed by atoms with Crippen LogP contribution in [0.2, 0.25) is 0 Å². The average molecular weight is 447 g/mol. The lowest BCUT2D eigenvalue weighted by Gasteiger charge is -2.09. The first-order valence-corrected chi connectivity index (χ1v) is 8.38. The third kappa shape index (κ3) is 5.06. The first-order valence-electron chi connectivity index (χ1n) is 7.30. The zero-order chi connectivity index (χ0) is 17.5. The van der Waals surface area contributed by atoms with Crippen LogP contribution in [0.5, 0.6) is 11.5 Å². The van der Waals surface area contributed by atoms with E-state index in [1.165, 1.54) is 13.3 Å². The molecule has 0 aliphatic carbocycles. The Morgan fingerprint density at radius 3 is 2.96 bits per heavy atom. The molecule has 0 bridgehead atoms. The molecule has 3 N–H and O–H groups in total. The smallest absolute Gasteiger partial charge is 0.329 e. The predicted molar refractivity (Wildman–Crippen MR) is 95.1 cm³/mol. The largest absolute Gasteiger partial charge is 0.504 e. The molecule has 0 spiro atoms. The Bertz CT molecular complexity index is 644. The molecule has 0 radical (unpaired) electrons. The number of ether oxygens (including phenoxy) is 2. The van der Waals surface area contributed by atoms with Crippen LogP contribution in [-0.2, 0) is 14.3 Å². The van der Waals surface area contributed by atoms with Crippen LogP contribution >= 0.6 is 22.6 Å². The van der Waals surface area contributed by atoms with Gasteiger partial charge < -0.3 is 19.9 Å². The Morgan fingerprint density at radius 2 is 2.29 bits per heavy atom. The molecule has 130 valence electrons. The summed E-state index contributed by atoms with van der Waals surface area (Å²) in [5.41, 5.74) is 2.76. The van der Waals surface area contributed by atoms with E-state index in [1.54, 1.807) is 12.1 Å². The van der Waals surface area contributed by atoms with Crippen molar-refractivity contribution in [3.05, 3.63) is 21.3 Å². The number of carbonyl (C=O) groups is 2. The molecule has 0 saturated carbocycles. The number of hydrogen-bond donors (Lipinski definition) is 3. The van der Waals surface area contributed by atoms with Crippen molar-refractivity contribution in [1.29, 1.82) is 0 Å². The van der Waals surface area contributed by atoms with Gasteiger partial charge in [-0.3, -0.25) is 9.59 Å². The molecule has 0 unspecified atom stereocenters. The van der Waals surface area contributed by atoms with Gasteiger partial charge in [0, 0.05) is 13.2 Å². The van der Waals surface area contributed by atoms with Crippen molar-refractivity contribution in [1.82, 2.24) is 10.7 Å². The summed E-state index contributed by atoms with van der Waals surface area (Å²) in [4.78, 5) is 23.3. The predicted octanol–water partition coefficient (Wildman–Crippen LogP) is 0.751. The van der Waals surface area contributed by atoms with Crippen molar-refractivity contribution < 1.29 is 24.2 Å². The number of nitrogens with one attached hydrogen (secondary N) is 2. The van der Waals surface area contributed by atoms with Crippen molar-refractivity contribution in [3.63, 3.8) is 0 Å². The van der Waals surface area contributed by atoms with Crippen LogP contribution < -0.4 is 15.5 Å². The molecule has 1 aliphatic rings. The van der Waals surface area contributed by atoms with Crippen molar-refractivity contribution >= 4 is 40.6 Å². The van der Waals surface area contributed by atoms with Gasteiger partial charge in [0.2, 0.25) is 0 Å². The maximum absolute atomic E-state index is 11.6. The molecule has 1 fully saturated rings. The summed E-state index contributed by atoms with van der Waals surface area (Å²) in [5, 5.41) is 16.0. The fourth-order valence-corrected chi connectivity index (χ4v) is 2.76. The molecule has 1 aromatic rings. The molecule has 24 heavy (non-hydrogen) atoms. The standard InChI is InChI=1S/C15H18IN3O5/c1-23-12-6-9(5-11(16)13(12)20)7-18-19-15(22)14(21)17-8-10-3-2-4-24-10/h5-7,10,20H,2-4,8H2,1H3,(H,17,21)(H,19,22)/b18-7-/t10-/m1/s1. The number of carbonyl (C=O) groups excluding carboxylic acids is 2. The van der Waals surface area contributed by atoms with E-state index in [9.17, 15) is 14.7 Å². The highest BCUT2D eigenvalue weighted by atomic mass is 127. The van der Waals surface area contributed by atoms with E-state index in [2.05, 4.69) is 15.8 Å². The number of rotatable bonds is 5. The van der Waals surface area contributed by atoms with Gasteiger partial charge in [-0.05, 0) is 53.1 Å². The number of amides is 2. The number of benzene rings is 1. The van der Waals surface area contributed by atoms with E-state index in [1.807, 2.05) is 22.6 Å². The molecule has 1 atom stereocenters. The second-order valence-electron chi connectivity index (χ2n) is 5.10. The second-order valence-corrected chi connectivity index (χ2v) is 6.26. The zero-order valence-electron chi connectivity index (χ0n) is 13.0. The van der Waals surface area contributed by atoms with E-state index < -0.39 is 11.8 Å². The fourth-order valence-electron chi connectivity index (χ4n) is 2.13. The van der Waals surface area contributed by atoms with Gasteiger partial charge in [0.25, 0.3) is 0 Å². The average Bonchev–Trinajstić information content (AvgIpc) is 3.09. The van der Waals surface area contributed by atoms with E-state index in [0.717, 1.165) is 12.8 Å². The van der Waals surface area contributed by atoms with Crippen LogP contribution in [0.1, 0.15) is 18.4 Å². The van der Waals surface area contributed by atoms with Gasteiger partial charge in [-0.2, -0.15) is 5.10 Å². The normalized spacial score (nSPS) is 17.0. The molecule has 1 aliphatic heterocycles. The minimum Gasteiger partial charge on any atom is -0.504 e. The topological polar surface area (TPSA) is 109 Å². The summed E-state index contributed by atoms with van der Waals surface area (Å²) < 4.78 is 11.0. The maximum atomic E-state index is 11.6. The lowest BCUT2D eigenvalue weighted by Crippen LogP contribution is -2.41. The Morgan fingerprint density at radius 1 is 1.50 bits per heavy atom. The van der Waals surface area contributed by atoms with E-state index in [4.69, 9.17) is 9.47 Å². The number of nitrogens with zero attached hydrogens (tertiary/aromatic N) is 1. The number of aromatic hydroxyl groups is 1. The summed E-state index contributed by atoms with van der Waals surface area (Å²) in [5.74, 6) is -1.29. The van der Waals surface area contributed by atoms with Crippen molar-refractivity contribution in [2.45, 2.75) is 18.9 Å². The molecule has 1 aromatic carbocycles. The molecule has 2 rings (SSSR count). The van der Waals surface area contributed by atoms with Gasteiger partial charge in [-0.1, -0.05) is 0 Å². The molecule has 0 aromatic heterocycles. The number of methoxy groups -OCH3 is 1. The Kier molecular flexibility index (Phi) is 6.79. The highest BCUT2D eigenvalue weighted by molar-refractivity contribution is 14.1. The Labute approximate surface area is 152 Å². The van der Waals surface area contributed by atoms with Crippen LogP contribution in [0.3, 0.4) is 0 Å². The zero-order valence-corrected chi connectivity index (χ0v) is 15.2.